The van der Waals surface area contributed by atoms with Gasteiger partial charge in [-0.05, 0) is 37.1 Å². The van der Waals surface area contributed by atoms with E-state index in [0.29, 0.717) is 0 Å². The molecule has 172 valence electrons. The predicted octanol–water partition coefficient (Wildman–Crippen LogP) is 4.77. The highest BCUT2D eigenvalue weighted by atomic mass is 32.2. The Bertz CT molecular complexity index is 1180. The van der Waals surface area contributed by atoms with Crippen LogP contribution in [0.5, 0.6) is 0 Å². The number of nitrogens with zero attached hydrogens (tertiary/aromatic N) is 2. The summed E-state index contributed by atoms with van der Waals surface area (Å²) in [6.45, 7) is 4.29. The van der Waals surface area contributed by atoms with Gasteiger partial charge < -0.3 is 4.74 Å². The van der Waals surface area contributed by atoms with Crippen LogP contribution in [0, 0.1) is 6.92 Å². The second kappa shape index (κ2) is 9.77. The summed E-state index contributed by atoms with van der Waals surface area (Å²) in [5.41, 5.74) is 2.76. The molecular formula is C26H28N2O4S. The molecule has 7 heteroatoms. The number of hydrogen-bond donors (Lipinski definition) is 0. The van der Waals surface area contributed by atoms with Gasteiger partial charge in [-0.3, -0.25) is 4.90 Å². The Morgan fingerprint density at radius 1 is 0.909 bits per heavy atom. The van der Waals surface area contributed by atoms with E-state index >= 15 is 0 Å². The summed E-state index contributed by atoms with van der Waals surface area (Å²) in [5, 5.41) is 0. The molecule has 0 spiro atoms. The summed E-state index contributed by atoms with van der Waals surface area (Å²) < 4.78 is 33.9. The zero-order valence-corrected chi connectivity index (χ0v) is 19.6. The van der Waals surface area contributed by atoms with E-state index in [1.54, 1.807) is 29.2 Å². The van der Waals surface area contributed by atoms with Crippen LogP contribution < -0.4 is 0 Å². The fourth-order valence-electron chi connectivity index (χ4n) is 4.14. The maximum Gasteiger partial charge on any atom is 0.410 e. The molecule has 6 nitrogen and oxygen atoms in total. The first-order chi connectivity index (χ1) is 15.9. The highest BCUT2D eigenvalue weighted by Gasteiger charge is 2.41. The summed E-state index contributed by atoms with van der Waals surface area (Å²) >= 11 is 0. The van der Waals surface area contributed by atoms with Crippen molar-refractivity contribution in [3.8, 4) is 0 Å². The van der Waals surface area contributed by atoms with Gasteiger partial charge in [-0.2, -0.15) is 4.31 Å². The molecule has 0 bridgehead atoms. The summed E-state index contributed by atoms with van der Waals surface area (Å²) in [6, 6.07) is 25.0. The lowest BCUT2D eigenvalue weighted by Gasteiger charge is -2.44. The first-order valence-corrected chi connectivity index (χ1v) is 12.4. The maximum absolute atomic E-state index is 13.4. The summed E-state index contributed by atoms with van der Waals surface area (Å²) in [5.74, 6) is 0. The van der Waals surface area contributed by atoms with Gasteiger partial charge in [0.05, 0.1) is 10.9 Å². The highest BCUT2D eigenvalue weighted by molar-refractivity contribution is 7.89. The molecule has 0 unspecified atom stereocenters. The molecule has 0 radical (unpaired) electrons. The number of amides is 1. The monoisotopic (exact) mass is 464 g/mol. The topological polar surface area (TPSA) is 66.9 Å². The number of ether oxygens (including phenoxy) is 1. The van der Waals surface area contributed by atoms with E-state index in [4.69, 9.17) is 4.74 Å². The SMILES string of the molecule is Cc1ccc(S(=O)(=O)N2C[C@H](c3ccccc3)N(C(=O)OCc3ccccc3)[C@@H](C)C2)cc1. The minimum absolute atomic E-state index is 0.158. The lowest BCUT2D eigenvalue weighted by atomic mass is 10.0. The third-order valence-corrected chi connectivity index (χ3v) is 7.76. The van der Waals surface area contributed by atoms with E-state index in [0.717, 1.165) is 16.7 Å². The number of aryl methyl sites for hydroxylation is 1. The van der Waals surface area contributed by atoms with Crippen LogP contribution in [-0.4, -0.2) is 42.8 Å². The predicted molar refractivity (Wildman–Crippen MR) is 127 cm³/mol. The Hall–Kier alpha value is -3.16. The van der Waals surface area contributed by atoms with Crippen molar-refractivity contribution in [3.05, 3.63) is 102 Å². The van der Waals surface area contributed by atoms with Crippen LogP contribution in [0.25, 0.3) is 0 Å². The van der Waals surface area contributed by atoms with Crippen molar-refractivity contribution >= 4 is 16.1 Å². The number of rotatable bonds is 5. The Kier molecular flexibility index (Phi) is 6.81. The first kappa shape index (κ1) is 23.0. The lowest BCUT2D eigenvalue weighted by molar-refractivity contribution is 0.0350. The van der Waals surface area contributed by atoms with Crippen LogP contribution in [0.1, 0.15) is 29.7 Å². The van der Waals surface area contributed by atoms with E-state index < -0.39 is 22.2 Å². The largest absolute Gasteiger partial charge is 0.445 e. The Labute approximate surface area is 195 Å². The van der Waals surface area contributed by atoms with Gasteiger partial charge in [0.25, 0.3) is 0 Å². The normalized spacial score (nSPS) is 19.3. The highest BCUT2D eigenvalue weighted by Crippen LogP contribution is 2.32. The van der Waals surface area contributed by atoms with E-state index in [2.05, 4.69) is 0 Å². The molecule has 3 aromatic carbocycles. The summed E-state index contributed by atoms with van der Waals surface area (Å²) in [7, 11) is -3.70. The van der Waals surface area contributed by atoms with Gasteiger partial charge >= 0.3 is 6.09 Å². The molecule has 2 atom stereocenters. The first-order valence-electron chi connectivity index (χ1n) is 11.0. The fourth-order valence-corrected chi connectivity index (χ4v) is 5.67. The molecule has 3 aromatic rings. The van der Waals surface area contributed by atoms with Gasteiger partial charge in [-0.15, -0.1) is 0 Å². The molecule has 1 aliphatic rings. The van der Waals surface area contributed by atoms with Crippen LogP contribution in [-0.2, 0) is 21.4 Å². The van der Waals surface area contributed by atoms with Gasteiger partial charge in [0.2, 0.25) is 10.0 Å². The molecule has 1 fully saturated rings. The fraction of sp³-hybridized carbons (Fsp3) is 0.269. The van der Waals surface area contributed by atoms with Crippen LogP contribution >= 0.6 is 0 Å². The number of carbonyl (C=O) groups is 1. The van der Waals surface area contributed by atoms with Gasteiger partial charge in [-0.1, -0.05) is 78.4 Å². The molecule has 33 heavy (non-hydrogen) atoms. The minimum Gasteiger partial charge on any atom is -0.445 e. The molecular weight excluding hydrogens is 436 g/mol. The molecule has 1 heterocycles. The molecule has 0 saturated carbocycles. The van der Waals surface area contributed by atoms with Crippen molar-refractivity contribution in [3.63, 3.8) is 0 Å². The van der Waals surface area contributed by atoms with Gasteiger partial charge in [0.1, 0.15) is 6.61 Å². The van der Waals surface area contributed by atoms with E-state index in [1.165, 1.54) is 4.31 Å². The van der Waals surface area contributed by atoms with E-state index in [1.807, 2.05) is 74.5 Å². The van der Waals surface area contributed by atoms with Crippen LogP contribution in [0.15, 0.2) is 89.8 Å². The molecule has 1 amide bonds. The maximum atomic E-state index is 13.4. The Balaban J connectivity index is 1.60. The zero-order valence-electron chi connectivity index (χ0n) is 18.8. The average Bonchev–Trinajstić information content (AvgIpc) is 2.83. The molecule has 0 N–H and O–H groups in total. The van der Waals surface area contributed by atoms with Crippen molar-refractivity contribution in [1.82, 2.24) is 9.21 Å². The molecule has 1 saturated heterocycles. The number of hydrogen-bond acceptors (Lipinski definition) is 4. The molecule has 4 rings (SSSR count). The van der Waals surface area contributed by atoms with Crippen molar-refractivity contribution in [1.29, 1.82) is 0 Å². The quantitative estimate of drug-likeness (QED) is 0.546. The van der Waals surface area contributed by atoms with Crippen molar-refractivity contribution in [2.45, 2.75) is 37.4 Å². The lowest BCUT2D eigenvalue weighted by Crippen LogP contribution is -2.56. The third kappa shape index (κ3) is 5.10. The van der Waals surface area contributed by atoms with E-state index in [-0.39, 0.29) is 30.6 Å². The second-order valence-electron chi connectivity index (χ2n) is 8.36. The number of benzene rings is 3. The smallest absolute Gasteiger partial charge is 0.410 e. The molecule has 0 aromatic heterocycles. The van der Waals surface area contributed by atoms with E-state index in [9.17, 15) is 13.2 Å². The number of piperazine rings is 1. The summed E-state index contributed by atoms with van der Waals surface area (Å²) in [6.07, 6.45) is -0.451. The van der Waals surface area contributed by atoms with Gasteiger partial charge in [0.15, 0.2) is 0 Å². The van der Waals surface area contributed by atoms with Crippen LogP contribution in [0.2, 0.25) is 0 Å². The van der Waals surface area contributed by atoms with Crippen molar-refractivity contribution in [2.75, 3.05) is 13.1 Å². The minimum atomic E-state index is -3.70. The van der Waals surface area contributed by atoms with Gasteiger partial charge in [-0.25, -0.2) is 13.2 Å². The second-order valence-corrected chi connectivity index (χ2v) is 10.3. The Morgan fingerprint density at radius 3 is 2.15 bits per heavy atom. The van der Waals surface area contributed by atoms with Gasteiger partial charge in [0, 0.05) is 19.1 Å². The molecule has 0 aliphatic carbocycles. The number of carbonyl (C=O) groups excluding carboxylic acids is 1. The van der Waals surface area contributed by atoms with Crippen molar-refractivity contribution in [2.24, 2.45) is 0 Å². The zero-order chi connectivity index (χ0) is 23.4. The third-order valence-electron chi connectivity index (χ3n) is 5.91. The average molecular weight is 465 g/mol. The Morgan fingerprint density at radius 2 is 1.52 bits per heavy atom. The van der Waals surface area contributed by atoms with Crippen LogP contribution in [0.4, 0.5) is 4.79 Å². The van der Waals surface area contributed by atoms with Crippen molar-refractivity contribution < 1.29 is 17.9 Å². The van der Waals surface area contributed by atoms with Crippen LogP contribution in [0.3, 0.4) is 0 Å². The molecule has 1 aliphatic heterocycles. The summed E-state index contributed by atoms with van der Waals surface area (Å²) in [4.78, 5) is 15.1. The standard InChI is InChI=1S/C26H28N2O4S/c1-20-13-15-24(16-14-20)33(30,31)27-17-21(2)28(25(18-27)23-11-7-4-8-12-23)26(29)32-19-22-9-5-3-6-10-22/h3-16,21,25H,17-19H2,1-2H3/t21-,25+/m0/s1. The number of sulfonamides is 1.